The van der Waals surface area contributed by atoms with Crippen LogP contribution in [0.3, 0.4) is 0 Å². The van der Waals surface area contributed by atoms with Crippen molar-refractivity contribution in [1.82, 2.24) is 10.3 Å². The number of rotatable bonds is 4. The summed E-state index contributed by atoms with van der Waals surface area (Å²) in [4.78, 5) is 15.4. The molecule has 1 aromatic carbocycles. The maximum Gasteiger partial charge on any atom is 0.220 e. The van der Waals surface area contributed by atoms with Crippen molar-refractivity contribution < 1.29 is 13.6 Å². The number of benzene rings is 1. The Morgan fingerprint density at radius 1 is 1.42 bits per heavy atom. The summed E-state index contributed by atoms with van der Waals surface area (Å²) in [5, 5.41) is 2.76. The smallest absolute Gasteiger partial charge is 0.220 e. The van der Waals surface area contributed by atoms with E-state index >= 15 is 0 Å². The Balaban J connectivity index is 2.14. The van der Waals surface area contributed by atoms with Gasteiger partial charge in [-0.15, -0.1) is 0 Å². The summed E-state index contributed by atoms with van der Waals surface area (Å²) in [5.74, 6) is 0.620. The SMILES string of the molecule is CCC(=O)NC(C)c1ncc(-c2ccc(F)cc2)o1. The van der Waals surface area contributed by atoms with E-state index < -0.39 is 0 Å². The quantitative estimate of drug-likeness (QED) is 0.921. The Morgan fingerprint density at radius 2 is 2.11 bits per heavy atom. The fourth-order valence-electron chi connectivity index (χ4n) is 1.64. The van der Waals surface area contributed by atoms with Gasteiger partial charge in [0.25, 0.3) is 0 Å². The fourth-order valence-corrected chi connectivity index (χ4v) is 1.64. The van der Waals surface area contributed by atoms with Gasteiger partial charge in [0.05, 0.1) is 6.20 Å². The van der Waals surface area contributed by atoms with Crippen molar-refractivity contribution in [3.05, 3.63) is 42.2 Å². The van der Waals surface area contributed by atoms with Crippen LogP contribution in [0, 0.1) is 5.82 Å². The summed E-state index contributed by atoms with van der Waals surface area (Å²) in [5.41, 5.74) is 0.745. The molecule has 0 spiro atoms. The maximum atomic E-state index is 12.8. The van der Waals surface area contributed by atoms with Crippen LogP contribution in [0.5, 0.6) is 0 Å². The Morgan fingerprint density at radius 3 is 2.74 bits per heavy atom. The highest BCUT2D eigenvalue weighted by molar-refractivity contribution is 5.75. The number of hydrogen-bond acceptors (Lipinski definition) is 3. The summed E-state index contributed by atoms with van der Waals surface area (Å²) >= 11 is 0. The molecule has 19 heavy (non-hydrogen) atoms. The predicted octanol–water partition coefficient (Wildman–Crippen LogP) is 3.07. The molecule has 1 N–H and O–H groups in total. The van der Waals surface area contributed by atoms with Crippen molar-refractivity contribution >= 4 is 5.91 Å². The molecule has 0 fully saturated rings. The molecule has 1 heterocycles. The molecule has 0 aliphatic carbocycles. The fraction of sp³-hybridized carbons (Fsp3) is 0.286. The second-order valence-electron chi connectivity index (χ2n) is 4.21. The van der Waals surface area contributed by atoms with E-state index in [1.807, 2.05) is 0 Å². The van der Waals surface area contributed by atoms with Gasteiger partial charge in [-0.05, 0) is 31.2 Å². The van der Waals surface area contributed by atoms with Crippen molar-refractivity contribution in [3.8, 4) is 11.3 Å². The average Bonchev–Trinajstić information content (AvgIpc) is 2.89. The molecule has 1 atom stereocenters. The lowest BCUT2D eigenvalue weighted by Crippen LogP contribution is -2.25. The average molecular weight is 262 g/mol. The van der Waals surface area contributed by atoms with Crippen LogP contribution in [0.2, 0.25) is 0 Å². The monoisotopic (exact) mass is 262 g/mol. The molecule has 100 valence electrons. The lowest BCUT2D eigenvalue weighted by Gasteiger charge is -2.08. The highest BCUT2D eigenvalue weighted by atomic mass is 19.1. The first-order valence-corrected chi connectivity index (χ1v) is 6.11. The van der Waals surface area contributed by atoms with E-state index in [2.05, 4.69) is 10.3 Å². The van der Waals surface area contributed by atoms with Crippen LogP contribution in [0.1, 0.15) is 32.2 Å². The molecular formula is C14H15FN2O2. The summed E-state index contributed by atoms with van der Waals surface area (Å²) in [6.45, 7) is 3.58. The van der Waals surface area contributed by atoms with Crippen LogP contribution in [-0.2, 0) is 4.79 Å². The third-order valence-electron chi connectivity index (χ3n) is 2.72. The third-order valence-corrected chi connectivity index (χ3v) is 2.72. The lowest BCUT2D eigenvalue weighted by atomic mass is 10.2. The first kappa shape index (κ1) is 13.3. The lowest BCUT2D eigenvalue weighted by molar-refractivity contribution is -0.121. The minimum absolute atomic E-state index is 0.0611. The molecule has 1 aromatic heterocycles. The van der Waals surface area contributed by atoms with Gasteiger partial charge in [-0.1, -0.05) is 6.92 Å². The van der Waals surface area contributed by atoms with Crippen molar-refractivity contribution in [2.24, 2.45) is 0 Å². The number of aromatic nitrogens is 1. The van der Waals surface area contributed by atoms with Crippen LogP contribution < -0.4 is 5.32 Å². The van der Waals surface area contributed by atoms with Crippen LogP contribution in [0.25, 0.3) is 11.3 Å². The predicted molar refractivity (Wildman–Crippen MR) is 68.7 cm³/mol. The first-order chi connectivity index (χ1) is 9.10. The minimum atomic E-state index is -0.299. The minimum Gasteiger partial charge on any atom is -0.438 e. The van der Waals surface area contributed by atoms with Gasteiger partial charge in [0.1, 0.15) is 11.9 Å². The Labute approximate surface area is 110 Å². The summed E-state index contributed by atoms with van der Waals surface area (Å²) in [6.07, 6.45) is 1.98. The molecule has 2 rings (SSSR count). The van der Waals surface area contributed by atoms with E-state index in [1.54, 1.807) is 32.2 Å². The van der Waals surface area contributed by atoms with Crippen LogP contribution in [0.15, 0.2) is 34.9 Å². The van der Waals surface area contributed by atoms with E-state index in [9.17, 15) is 9.18 Å². The zero-order valence-corrected chi connectivity index (χ0v) is 10.8. The van der Waals surface area contributed by atoms with E-state index in [-0.39, 0.29) is 17.8 Å². The summed E-state index contributed by atoms with van der Waals surface area (Å²) < 4.78 is 18.4. The second kappa shape index (κ2) is 5.65. The Kier molecular flexibility index (Phi) is 3.94. The standard InChI is InChI=1S/C14H15FN2O2/c1-3-13(18)17-9(2)14-16-8-12(19-14)10-4-6-11(15)7-5-10/h4-9H,3H2,1-2H3,(H,17,18). The number of oxazole rings is 1. The van der Waals surface area contributed by atoms with Crippen LogP contribution >= 0.6 is 0 Å². The molecule has 2 aromatic rings. The van der Waals surface area contributed by atoms with E-state index in [0.717, 1.165) is 5.56 Å². The molecule has 0 bridgehead atoms. The molecule has 1 unspecified atom stereocenters. The normalized spacial score (nSPS) is 12.2. The maximum absolute atomic E-state index is 12.8. The van der Waals surface area contributed by atoms with Gasteiger partial charge in [0, 0.05) is 12.0 Å². The number of carbonyl (C=O) groups excluding carboxylic acids is 1. The molecule has 0 saturated heterocycles. The molecule has 0 aliphatic rings. The van der Waals surface area contributed by atoms with Gasteiger partial charge in [0.15, 0.2) is 5.76 Å². The molecule has 5 heteroatoms. The first-order valence-electron chi connectivity index (χ1n) is 6.11. The number of hydrogen-bond donors (Lipinski definition) is 1. The highest BCUT2D eigenvalue weighted by Gasteiger charge is 2.14. The zero-order chi connectivity index (χ0) is 13.8. The van der Waals surface area contributed by atoms with Gasteiger partial charge in [0.2, 0.25) is 11.8 Å². The molecule has 0 saturated carbocycles. The summed E-state index contributed by atoms with van der Waals surface area (Å²) in [6, 6.07) is 5.67. The Bertz CT molecular complexity index is 563. The largest absolute Gasteiger partial charge is 0.438 e. The topological polar surface area (TPSA) is 55.1 Å². The van der Waals surface area contributed by atoms with Crippen molar-refractivity contribution in [2.75, 3.05) is 0 Å². The van der Waals surface area contributed by atoms with Gasteiger partial charge in [-0.25, -0.2) is 9.37 Å². The number of nitrogens with one attached hydrogen (secondary N) is 1. The van der Waals surface area contributed by atoms with E-state index in [4.69, 9.17) is 4.42 Å². The van der Waals surface area contributed by atoms with E-state index in [0.29, 0.717) is 18.1 Å². The highest BCUT2D eigenvalue weighted by Crippen LogP contribution is 2.23. The Hall–Kier alpha value is -2.17. The van der Waals surface area contributed by atoms with Crippen molar-refractivity contribution in [2.45, 2.75) is 26.3 Å². The molecule has 0 radical (unpaired) electrons. The number of nitrogens with zero attached hydrogens (tertiary/aromatic N) is 1. The molecule has 4 nitrogen and oxygen atoms in total. The number of carbonyl (C=O) groups is 1. The molecule has 0 aliphatic heterocycles. The van der Waals surface area contributed by atoms with Gasteiger partial charge in [-0.3, -0.25) is 4.79 Å². The third kappa shape index (κ3) is 3.19. The molecule has 1 amide bonds. The van der Waals surface area contributed by atoms with Crippen molar-refractivity contribution in [3.63, 3.8) is 0 Å². The van der Waals surface area contributed by atoms with Crippen LogP contribution in [-0.4, -0.2) is 10.9 Å². The van der Waals surface area contributed by atoms with Gasteiger partial charge < -0.3 is 9.73 Å². The molecular weight excluding hydrogens is 247 g/mol. The zero-order valence-electron chi connectivity index (χ0n) is 10.8. The van der Waals surface area contributed by atoms with Crippen molar-refractivity contribution in [1.29, 1.82) is 0 Å². The van der Waals surface area contributed by atoms with E-state index in [1.165, 1.54) is 12.1 Å². The number of halogens is 1. The van der Waals surface area contributed by atoms with Crippen LogP contribution in [0.4, 0.5) is 4.39 Å². The number of amides is 1. The van der Waals surface area contributed by atoms with Gasteiger partial charge >= 0.3 is 0 Å². The van der Waals surface area contributed by atoms with Gasteiger partial charge in [-0.2, -0.15) is 0 Å². The second-order valence-corrected chi connectivity index (χ2v) is 4.21. The summed E-state index contributed by atoms with van der Waals surface area (Å²) in [7, 11) is 0.